The number of aromatic nitrogens is 1. The molecule has 1 aromatic heterocycles. The molecule has 0 aliphatic rings. The van der Waals surface area contributed by atoms with Crippen LogP contribution in [-0.2, 0) is 0 Å². The van der Waals surface area contributed by atoms with Crippen LogP contribution in [0.3, 0.4) is 0 Å². The highest BCUT2D eigenvalue weighted by molar-refractivity contribution is 7.18. The minimum absolute atomic E-state index is 0.0314. The Hall–Kier alpha value is -1.60. The highest BCUT2D eigenvalue weighted by atomic mass is 32.1. The molecule has 15 heavy (non-hydrogen) atoms. The van der Waals surface area contributed by atoms with Crippen molar-refractivity contribution in [2.24, 2.45) is 0 Å². The van der Waals surface area contributed by atoms with E-state index in [0.717, 1.165) is 15.2 Å². The predicted molar refractivity (Wildman–Crippen MR) is 60.1 cm³/mol. The maximum absolute atomic E-state index is 9.51. The molecule has 2 aromatic rings. The summed E-state index contributed by atoms with van der Waals surface area (Å²) in [5.74, 6) is 0.375. The van der Waals surface area contributed by atoms with Crippen LogP contribution < -0.4 is 0 Å². The van der Waals surface area contributed by atoms with Crippen LogP contribution in [-0.4, -0.2) is 10.1 Å². The number of rotatable bonds is 1. The van der Waals surface area contributed by atoms with Crippen molar-refractivity contribution in [1.82, 2.24) is 4.98 Å². The molecule has 0 atom stereocenters. The molecule has 0 aliphatic heterocycles. The van der Waals surface area contributed by atoms with Gasteiger partial charge in [0.25, 0.3) is 0 Å². The molecule has 0 aliphatic carbocycles. The SMILES string of the molecule is CC(C)c1nc2ccc(O)c(C#N)c2s1. The molecule has 0 saturated carbocycles. The van der Waals surface area contributed by atoms with Crippen molar-refractivity contribution in [1.29, 1.82) is 5.26 Å². The summed E-state index contributed by atoms with van der Waals surface area (Å²) in [6, 6.07) is 5.27. The molecule has 76 valence electrons. The molecule has 1 heterocycles. The number of aromatic hydroxyl groups is 1. The first-order chi connectivity index (χ1) is 7.13. The van der Waals surface area contributed by atoms with Gasteiger partial charge in [-0.15, -0.1) is 11.3 Å². The van der Waals surface area contributed by atoms with E-state index in [9.17, 15) is 5.11 Å². The first kappa shape index (κ1) is 9.94. The van der Waals surface area contributed by atoms with Crippen LogP contribution in [0.1, 0.15) is 30.3 Å². The molecule has 0 fully saturated rings. The molecule has 1 N–H and O–H groups in total. The van der Waals surface area contributed by atoms with Crippen molar-refractivity contribution >= 4 is 21.6 Å². The third-order valence-corrected chi connectivity index (χ3v) is 3.55. The number of hydrogen-bond acceptors (Lipinski definition) is 4. The summed E-state index contributed by atoms with van der Waals surface area (Å²) in [6.07, 6.45) is 0. The van der Waals surface area contributed by atoms with E-state index in [1.165, 1.54) is 17.4 Å². The van der Waals surface area contributed by atoms with E-state index in [0.29, 0.717) is 11.5 Å². The number of phenolic OH excluding ortho intramolecular Hbond substituents is 1. The van der Waals surface area contributed by atoms with Crippen LogP contribution in [0.15, 0.2) is 12.1 Å². The zero-order chi connectivity index (χ0) is 11.0. The molecule has 0 spiro atoms. The Morgan fingerprint density at radius 3 is 2.80 bits per heavy atom. The zero-order valence-electron chi connectivity index (χ0n) is 8.48. The van der Waals surface area contributed by atoms with Gasteiger partial charge in [0.05, 0.1) is 15.2 Å². The first-order valence-electron chi connectivity index (χ1n) is 4.66. The fourth-order valence-corrected chi connectivity index (χ4v) is 2.41. The van der Waals surface area contributed by atoms with Gasteiger partial charge in [0.1, 0.15) is 17.4 Å². The molecule has 0 radical (unpaired) electrons. The van der Waals surface area contributed by atoms with Gasteiger partial charge in [-0.1, -0.05) is 13.8 Å². The smallest absolute Gasteiger partial charge is 0.134 e. The average molecular weight is 218 g/mol. The number of phenols is 1. The van der Waals surface area contributed by atoms with Gasteiger partial charge in [-0.25, -0.2) is 4.98 Å². The van der Waals surface area contributed by atoms with Crippen LogP contribution in [0.2, 0.25) is 0 Å². The lowest BCUT2D eigenvalue weighted by Gasteiger charge is -1.94. The third-order valence-electron chi connectivity index (χ3n) is 2.16. The molecular formula is C11H10N2OS. The van der Waals surface area contributed by atoms with Crippen LogP contribution in [0.4, 0.5) is 0 Å². The van der Waals surface area contributed by atoms with Crippen LogP contribution in [0.25, 0.3) is 10.2 Å². The van der Waals surface area contributed by atoms with Crippen molar-refractivity contribution in [3.63, 3.8) is 0 Å². The van der Waals surface area contributed by atoms with E-state index in [1.807, 2.05) is 6.07 Å². The maximum atomic E-state index is 9.51. The number of nitrogens with zero attached hydrogens (tertiary/aromatic N) is 2. The van der Waals surface area contributed by atoms with Crippen molar-refractivity contribution in [2.75, 3.05) is 0 Å². The Bertz CT molecular complexity index is 551. The lowest BCUT2D eigenvalue weighted by atomic mass is 10.2. The van der Waals surface area contributed by atoms with E-state index in [1.54, 1.807) is 6.07 Å². The lowest BCUT2D eigenvalue weighted by molar-refractivity contribution is 0.474. The van der Waals surface area contributed by atoms with E-state index < -0.39 is 0 Å². The van der Waals surface area contributed by atoms with Crippen LogP contribution >= 0.6 is 11.3 Å². The largest absolute Gasteiger partial charge is 0.507 e. The van der Waals surface area contributed by atoms with Gasteiger partial charge in [0.2, 0.25) is 0 Å². The Kier molecular flexibility index (Phi) is 2.33. The fraction of sp³-hybridized carbons (Fsp3) is 0.273. The second-order valence-electron chi connectivity index (χ2n) is 3.63. The number of fused-ring (bicyclic) bond motifs is 1. The minimum Gasteiger partial charge on any atom is -0.507 e. The van der Waals surface area contributed by atoms with Crippen molar-refractivity contribution < 1.29 is 5.11 Å². The topological polar surface area (TPSA) is 56.9 Å². The fourth-order valence-electron chi connectivity index (χ4n) is 1.35. The summed E-state index contributed by atoms with van der Waals surface area (Å²) in [6.45, 7) is 4.12. The molecule has 0 saturated heterocycles. The average Bonchev–Trinajstić information content (AvgIpc) is 2.61. The number of benzene rings is 1. The summed E-state index contributed by atoms with van der Waals surface area (Å²) in [5.41, 5.74) is 1.12. The Morgan fingerprint density at radius 1 is 1.47 bits per heavy atom. The third kappa shape index (κ3) is 1.55. The van der Waals surface area contributed by atoms with Gasteiger partial charge in [-0.3, -0.25) is 0 Å². The van der Waals surface area contributed by atoms with Crippen molar-refractivity contribution in [3.05, 3.63) is 22.7 Å². The molecule has 2 rings (SSSR count). The highest BCUT2D eigenvalue weighted by Crippen LogP contribution is 2.33. The summed E-state index contributed by atoms with van der Waals surface area (Å²) in [5, 5.41) is 19.4. The molecule has 0 bridgehead atoms. The van der Waals surface area contributed by atoms with E-state index >= 15 is 0 Å². The van der Waals surface area contributed by atoms with E-state index in [-0.39, 0.29) is 5.75 Å². The zero-order valence-corrected chi connectivity index (χ0v) is 9.30. The minimum atomic E-state index is 0.0314. The normalized spacial score (nSPS) is 10.8. The molecule has 1 aromatic carbocycles. The standard InChI is InChI=1S/C11H10N2OS/c1-6(2)11-13-8-3-4-9(14)7(5-12)10(8)15-11/h3-4,6,14H,1-2H3. The monoisotopic (exact) mass is 218 g/mol. The summed E-state index contributed by atoms with van der Waals surface area (Å²) in [4.78, 5) is 4.42. The van der Waals surface area contributed by atoms with Crippen molar-refractivity contribution in [2.45, 2.75) is 19.8 Å². The molecular weight excluding hydrogens is 208 g/mol. The Labute approximate surface area is 91.6 Å². The van der Waals surface area contributed by atoms with Crippen LogP contribution in [0, 0.1) is 11.3 Å². The summed E-state index contributed by atoms with van der Waals surface area (Å²) in [7, 11) is 0. The second-order valence-corrected chi connectivity index (χ2v) is 4.66. The second kappa shape index (κ2) is 3.52. The first-order valence-corrected chi connectivity index (χ1v) is 5.47. The quantitative estimate of drug-likeness (QED) is 0.800. The van der Waals surface area contributed by atoms with Gasteiger partial charge < -0.3 is 5.11 Å². The summed E-state index contributed by atoms with van der Waals surface area (Å²) >= 11 is 1.48. The van der Waals surface area contributed by atoms with Gasteiger partial charge in [-0.05, 0) is 12.1 Å². The lowest BCUT2D eigenvalue weighted by Crippen LogP contribution is -1.82. The Morgan fingerprint density at radius 2 is 2.20 bits per heavy atom. The maximum Gasteiger partial charge on any atom is 0.134 e. The Balaban J connectivity index is 2.77. The van der Waals surface area contributed by atoms with Gasteiger partial charge in [-0.2, -0.15) is 5.26 Å². The number of hydrogen-bond donors (Lipinski definition) is 1. The molecule has 4 heteroatoms. The van der Waals surface area contributed by atoms with Gasteiger partial charge in [0, 0.05) is 5.92 Å². The number of nitriles is 1. The molecule has 3 nitrogen and oxygen atoms in total. The highest BCUT2D eigenvalue weighted by Gasteiger charge is 2.13. The predicted octanol–water partition coefficient (Wildman–Crippen LogP) is 3.00. The molecule has 0 amide bonds. The van der Waals surface area contributed by atoms with Gasteiger partial charge >= 0.3 is 0 Å². The van der Waals surface area contributed by atoms with Crippen LogP contribution in [0.5, 0.6) is 5.75 Å². The number of thiazole rings is 1. The van der Waals surface area contributed by atoms with E-state index in [4.69, 9.17) is 5.26 Å². The van der Waals surface area contributed by atoms with Crippen molar-refractivity contribution in [3.8, 4) is 11.8 Å². The van der Waals surface area contributed by atoms with Gasteiger partial charge in [0.15, 0.2) is 0 Å². The summed E-state index contributed by atoms with van der Waals surface area (Å²) < 4.78 is 0.779. The molecule has 0 unspecified atom stereocenters. The van der Waals surface area contributed by atoms with E-state index in [2.05, 4.69) is 18.8 Å².